The highest BCUT2D eigenvalue weighted by molar-refractivity contribution is 5.98. The van der Waals surface area contributed by atoms with Crippen molar-refractivity contribution in [2.75, 3.05) is 6.54 Å². The van der Waals surface area contributed by atoms with E-state index in [4.69, 9.17) is 0 Å². The van der Waals surface area contributed by atoms with E-state index in [1.807, 2.05) is 30.5 Å². The molecule has 0 bridgehead atoms. The Kier molecular flexibility index (Phi) is 3.77. The van der Waals surface area contributed by atoms with Crippen molar-refractivity contribution in [3.05, 3.63) is 36.0 Å². The minimum Gasteiger partial charge on any atom is -0.361 e. The van der Waals surface area contributed by atoms with Crippen molar-refractivity contribution in [3.8, 4) is 0 Å². The normalized spacial score (nSPS) is 22.9. The van der Waals surface area contributed by atoms with Crippen molar-refractivity contribution in [1.29, 1.82) is 0 Å². The second-order valence-corrected chi connectivity index (χ2v) is 6.01. The Hall–Kier alpha value is -1.77. The summed E-state index contributed by atoms with van der Waals surface area (Å²) in [6.45, 7) is 3.12. The van der Waals surface area contributed by atoms with Gasteiger partial charge in [0.05, 0.1) is 0 Å². The van der Waals surface area contributed by atoms with Gasteiger partial charge in [-0.15, -0.1) is 0 Å². The van der Waals surface area contributed by atoms with Crippen LogP contribution in [0.3, 0.4) is 0 Å². The zero-order chi connectivity index (χ0) is 13.9. The molecular formula is C17H22N2O. The molecule has 3 rings (SSSR count). The van der Waals surface area contributed by atoms with Gasteiger partial charge in [-0.05, 0) is 42.5 Å². The fourth-order valence-corrected chi connectivity index (χ4v) is 3.22. The fourth-order valence-electron chi connectivity index (χ4n) is 3.22. The van der Waals surface area contributed by atoms with Crippen molar-refractivity contribution in [1.82, 2.24) is 10.3 Å². The van der Waals surface area contributed by atoms with Gasteiger partial charge in [-0.3, -0.25) is 4.79 Å². The molecule has 106 valence electrons. The first-order valence-electron chi connectivity index (χ1n) is 7.59. The van der Waals surface area contributed by atoms with E-state index in [1.54, 1.807) is 0 Å². The highest BCUT2D eigenvalue weighted by atomic mass is 16.1. The zero-order valence-corrected chi connectivity index (χ0v) is 12.0. The number of rotatable bonds is 3. The lowest BCUT2D eigenvalue weighted by molar-refractivity contribution is 0.0936. The maximum Gasteiger partial charge on any atom is 0.251 e. The number of nitrogens with one attached hydrogen (secondary N) is 2. The lowest BCUT2D eigenvalue weighted by atomic mass is 9.80. The molecule has 2 aromatic rings. The molecule has 1 amide bonds. The van der Waals surface area contributed by atoms with Crippen molar-refractivity contribution in [3.63, 3.8) is 0 Å². The van der Waals surface area contributed by atoms with Crippen LogP contribution >= 0.6 is 0 Å². The summed E-state index contributed by atoms with van der Waals surface area (Å²) < 4.78 is 0. The number of carbonyl (C=O) groups excluding carboxylic acids is 1. The van der Waals surface area contributed by atoms with E-state index in [0.717, 1.165) is 28.9 Å². The molecule has 3 heteroatoms. The molecule has 1 aliphatic rings. The first kappa shape index (κ1) is 13.2. The molecule has 0 radical (unpaired) electrons. The molecule has 1 saturated carbocycles. The highest BCUT2D eigenvalue weighted by Gasteiger charge is 2.21. The van der Waals surface area contributed by atoms with E-state index in [-0.39, 0.29) is 5.91 Å². The second-order valence-electron chi connectivity index (χ2n) is 6.01. The third kappa shape index (κ3) is 2.72. The van der Waals surface area contributed by atoms with Crippen LogP contribution in [0.1, 0.15) is 43.0 Å². The summed E-state index contributed by atoms with van der Waals surface area (Å²) in [6.07, 6.45) is 7.10. The lowest BCUT2D eigenvalue weighted by Gasteiger charge is -2.28. The molecule has 1 aromatic heterocycles. The summed E-state index contributed by atoms with van der Waals surface area (Å²) in [5, 5.41) is 4.19. The smallest absolute Gasteiger partial charge is 0.251 e. The van der Waals surface area contributed by atoms with Crippen LogP contribution in [0.25, 0.3) is 10.9 Å². The highest BCUT2D eigenvalue weighted by Crippen LogP contribution is 2.28. The van der Waals surface area contributed by atoms with Gasteiger partial charge in [-0.25, -0.2) is 0 Å². The standard InChI is InChI=1S/C17H22N2O/c1-12-4-2-3-5-15(12)11-19-17(20)14-6-7-16-13(10-14)8-9-18-16/h6-10,12,15,18H,2-5,11H2,1H3,(H,19,20). The number of benzene rings is 1. The third-order valence-corrected chi connectivity index (χ3v) is 4.63. The topological polar surface area (TPSA) is 44.9 Å². The number of hydrogen-bond acceptors (Lipinski definition) is 1. The largest absolute Gasteiger partial charge is 0.361 e. The average Bonchev–Trinajstić information content (AvgIpc) is 2.93. The number of carbonyl (C=O) groups is 1. The van der Waals surface area contributed by atoms with E-state index in [2.05, 4.69) is 17.2 Å². The van der Waals surface area contributed by atoms with Gasteiger partial charge >= 0.3 is 0 Å². The fraction of sp³-hybridized carbons (Fsp3) is 0.471. The second kappa shape index (κ2) is 5.70. The van der Waals surface area contributed by atoms with Crippen LogP contribution in [0, 0.1) is 11.8 Å². The molecule has 2 unspecified atom stereocenters. The van der Waals surface area contributed by atoms with Gasteiger partial charge in [0, 0.05) is 29.2 Å². The first-order chi connectivity index (χ1) is 9.74. The van der Waals surface area contributed by atoms with Crippen LogP contribution < -0.4 is 5.32 Å². The molecule has 0 saturated heterocycles. The van der Waals surface area contributed by atoms with Crippen LogP contribution in [0.5, 0.6) is 0 Å². The maximum absolute atomic E-state index is 12.2. The predicted octanol–water partition coefficient (Wildman–Crippen LogP) is 3.72. The third-order valence-electron chi connectivity index (χ3n) is 4.63. The summed E-state index contributed by atoms with van der Waals surface area (Å²) in [4.78, 5) is 15.4. The Morgan fingerprint density at radius 1 is 1.30 bits per heavy atom. The Labute approximate surface area is 119 Å². The van der Waals surface area contributed by atoms with Gasteiger partial charge < -0.3 is 10.3 Å². The molecule has 1 aliphatic carbocycles. The van der Waals surface area contributed by atoms with Gasteiger partial charge in [0.2, 0.25) is 0 Å². The molecule has 0 aliphatic heterocycles. The van der Waals surface area contributed by atoms with Crippen LogP contribution in [-0.4, -0.2) is 17.4 Å². The van der Waals surface area contributed by atoms with E-state index < -0.39 is 0 Å². The molecular weight excluding hydrogens is 248 g/mol. The Bertz CT molecular complexity index is 602. The Morgan fingerprint density at radius 2 is 2.15 bits per heavy atom. The summed E-state index contributed by atoms with van der Waals surface area (Å²) in [6, 6.07) is 7.80. The monoisotopic (exact) mass is 270 g/mol. The molecule has 1 aromatic carbocycles. The summed E-state index contributed by atoms with van der Waals surface area (Å²) in [7, 11) is 0. The van der Waals surface area contributed by atoms with Crippen LogP contribution in [0.15, 0.2) is 30.5 Å². The molecule has 20 heavy (non-hydrogen) atoms. The maximum atomic E-state index is 12.2. The van der Waals surface area contributed by atoms with Gasteiger partial charge in [0.1, 0.15) is 0 Å². The molecule has 3 nitrogen and oxygen atoms in total. The predicted molar refractivity (Wildman–Crippen MR) is 81.8 cm³/mol. The summed E-state index contributed by atoms with van der Waals surface area (Å²) in [5.41, 5.74) is 1.82. The van der Waals surface area contributed by atoms with E-state index in [0.29, 0.717) is 5.92 Å². The van der Waals surface area contributed by atoms with Crippen molar-refractivity contribution < 1.29 is 4.79 Å². The van der Waals surface area contributed by atoms with Crippen molar-refractivity contribution in [2.45, 2.75) is 32.6 Å². The minimum atomic E-state index is 0.0471. The Morgan fingerprint density at radius 3 is 3.00 bits per heavy atom. The lowest BCUT2D eigenvalue weighted by Crippen LogP contribution is -2.33. The van der Waals surface area contributed by atoms with Gasteiger partial charge in [0.15, 0.2) is 0 Å². The Balaban J connectivity index is 1.63. The van der Waals surface area contributed by atoms with E-state index in [1.165, 1.54) is 25.7 Å². The van der Waals surface area contributed by atoms with Gasteiger partial charge in [0.25, 0.3) is 5.91 Å². The van der Waals surface area contributed by atoms with Gasteiger partial charge in [-0.1, -0.05) is 26.2 Å². The molecule has 1 heterocycles. The number of fused-ring (bicyclic) bond motifs is 1. The number of H-pyrrole nitrogens is 1. The number of aromatic nitrogens is 1. The molecule has 1 fully saturated rings. The van der Waals surface area contributed by atoms with Crippen LogP contribution in [0.4, 0.5) is 0 Å². The zero-order valence-electron chi connectivity index (χ0n) is 12.0. The van der Waals surface area contributed by atoms with Crippen molar-refractivity contribution in [2.24, 2.45) is 11.8 Å². The van der Waals surface area contributed by atoms with E-state index >= 15 is 0 Å². The first-order valence-corrected chi connectivity index (χ1v) is 7.59. The molecule has 0 spiro atoms. The van der Waals surface area contributed by atoms with E-state index in [9.17, 15) is 4.79 Å². The number of aromatic amines is 1. The summed E-state index contributed by atoms with van der Waals surface area (Å²) >= 11 is 0. The number of amides is 1. The van der Waals surface area contributed by atoms with Crippen molar-refractivity contribution >= 4 is 16.8 Å². The van der Waals surface area contributed by atoms with Crippen LogP contribution in [-0.2, 0) is 0 Å². The van der Waals surface area contributed by atoms with Crippen LogP contribution in [0.2, 0.25) is 0 Å². The summed E-state index contributed by atoms with van der Waals surface area (Å²) in [5.74, 6) is 1.42. The average molecular weight is 270 g/mol. The molecule has 2 atom stereocenters. The minimum absolute atomic E-state index is 0.0471. The molecule has 2 N–H and O–H groups in total. The number of hydrogen-bond donors (Lipinski definition) is 2. The SMILES string of the molecule is CC1CCCCC1CNC(=O)c1ccc2[nH]ccc2c1. The quantitative estimate of drug-likeness (QED) is 0.877. The van der Waals surface area contributed by atoms with Gasteiger partial charge in [-0.2, -0.15) is 0 Å².